The highest BCUT2D eigenvalue weighted by molar-refractivity contribution is 5.92. The maximum atomic E-state index is 5.62. The van der Waals surface area contributed by atoms with Crippen molar-refractivity contribution in [2.75, 3.05) is 83.1 Å². The number of benzene rings is 2. The average Bonchev–Trinajstić information content (AvgIpc) is 3.00. The van der Waals surface area contributed by atoms with E-state index in [9.17, 15) is 0 Å². The Morgan fingerprint density at radius 3 is 2.33 bits per heavy atom. The van der Waals surface area contributed by atoms with Crippen molar-refractivity contribution < 1.29 is 9.47 Å². The largest absolute Gasteiger partial charge is 0.493 e. The number of piperidine rings is 1. The molecule has 0 spiro atoms. The Morgan fingerprint density at radius 1 is 0.976 bits per heavy atom. The molecular formula is C33H51N7O2. The number of nitrogens with one attached hydrogen (secondary N) is 2. The van der Waals surface area contributed by atoms with Gasteiger partial charge in [0.1, 0.15) is 5.82 Å². The zero-order chi connectivity index (χ0) is 30.1. The summed E-state index contributed by atoms with van der Waals surface area (Å²) in [4.78, 5) is 17.0. The molecule has 9 heteroatoms. The van der Waals surface area contributed by atoms with Crippen LogP contribution < -0.4 is 25.0 Å². The fraction of sp³-hybridized carbons (Fsp3) is 0.576. The number of fused-ring (bicyclic) bond motifs is 1. The summed E-state index contributed by atoms with van der Waals surface area (Å²) in [5.41, 5.74) is 5.11. The number of hydrogen-bond acceptors (Lipinski definition) is 9. The van der Waals surface area contributed by atoms with E-state index in [0.717, 1.165) is 88.2 Å². The highest BCUT2D eigenvalue weighted by Crippen LogP contribution is 2.35. The fourth-order valence-corrected chi connectivity index (χ4v) is 5.89. The molecular weight excluding hydrogens is 526 g/mol. The zero-order valence-corrected chi connectivity index (χ0v) is 26.8. The van der Waals surface area contributed by atoms with Gasteiger partial charge >= 0.3 is 0 Å². The standard InChI is InChI=1S/C33H51N7O2/c1-8-12-24-13-11-14-29(38(4)5)27(24)23-40-18-15-25(16-19-40)35-32-26-21-30(41-6)31(42-7)22-28(26)36-33(37-32)34-17-20-39(9-2)10-3/h11,13-14,21-22,25H,8-10,12,15-20,23H2,1-7H3,(H2,34,35,36,37). The van der Waals surface area contributed by atoms with E-state index in [0.29, 0.717) is 23.5 Å². The number of hydrogen-bond donors (Lipinski definition) is 2. The van der Waals surface area contributed by atoms with E-state index >= 15 is 0 Å². The van der Waals surface area contributed by atoms with Crippen LogP contribution in [0.3, 0.4) is 0 Å². The topological polar surface area (TPSA) is 78.0 Å². The molecule has 230 valence electrons. The third-order valence-electron chi connectivity index (χ3n) is 8.37. The van der Waals surface area contributed by atoms with Crippen LogP contribution in [0.2, 0.25) is 0 Å². The summed E-state index contributed by atoms with van der Waals surface area (Å²) in [7, 11) is 7.61. The quantitative estimate of drug-likeness (QED) is 0.244. The van der Waals surface area contributed by atoms with Crippen LogP contribution in [0.1, 0.15) is 51.2 Å². The zero-order valence-electron chi connectivity index (χ0n) is 26.8. The number of aromatic nitrogens is 2. The second kappa shape index (κ2) is 15.3. The van der Waals surface area contributed by atoms with Gasteiger partial charge in [-0.15, -0.1) is 0 Å². The Bertz CT molecular complexity index is 1290. The molecule has 0 saturated carbocycles. The number of rotatable bonds is 15. The number of nitrogens with zero attached hydrogens (tertiary/aromatic N) is 5. The number of ether oxygens (including phenoxy) is 2. The first kappa shape index (κ1) is 31.6. The van der Waals surface area contributed by atoms with Crippen molar-refractivity contribution in [2.24, 2.45) is 0 Å². The van der Waals surface area contributed by atoms with Gasteiger partial charge in [0.25, 0.3) is 0 Å². The van der Waals surface area contributed by atoms with Gasteiger partial charge in [0, 0.05) is 70.0 Å². The average molecular weight is 578 g/mol. The molecule has 0 amide bonds. The van der Waals surface area contributed by atoms with Crippen molar-refractivity contribution >= 4 is 28.4 Å². The first-order chi connectivity index (χ1) is 20.4. The van der Waals surface area contributed by atoms with Crippen molar-refractivity contribution in [3.63, 3.8) is 0 Å². The predicted octanol–water partition coefficient (Wildman–Crippen LogP) is 5.50. The lowest BCUT2D eigenvalue weighted by Crippen LogP contribution is -2.39. The lowest BCUT2D eigenvalue weighted by Gasteiger charge is -2.34. The van der Waals surface area contributed by atoms with Crippen molar-refractivity contribution in [1.82, 2.24) is 19.8 Å². The van der Waals surface area contributed by atoms with Gasteiger partial charge in [-0.25, -0.2) is 4.98 Å². The highest BCUT2D eigenvalue weighted by atomic mass is 16.5. The van der Waals surface area contributed by atoms with Crippen molar-refractivity contribution in [2.45, 2.75) is 59.0 Å². The van der Waals surface area contributed by atoms with E-state index in [1.807, 2.05) is 12.1 Å². The minimum absolute atomic E-state index is 0.329. The van der Waals surface area contributed by atoms with Crippen LogP contribution in [0.4, 0.5) is 17.5 Å². The minimum atomic E-state index is 0.329. The predicted molar refractivity (Wildman–Crippen MR) is 176 cm³/mol. The first-order valence-corrected chi connectivity index (χ1v) is 15.6. The second-order valence-electron chi connectivity index (χ2n) is 11.3. The molecule has 2 heterocycles. The molecule has 1 saturated heterocycles. The molecule has 3 aromatic rings. The molecule has 1 fully saturated rings. The maximum absolute atomic E-state index is 5.62. The molecule has 0 atom stereocenters. The molecule has 2 N–H and O–H groups in total. The normalized spacial score (nSPS) is 14.4. The van der Waals surface area contributed by atoms with Gasteiger partial charge in [-0.05, 0) is 55.6 Å². The van der Waals surface area contributed by atoms with Crippen LogP contribution in [-0.4, -0.2) is 93.4 Å². The van der Waals surface area contributed by atoms with Gasteiger partial charge in [0.2, 0.25) is 5.95 Å². The number of anilines is 3. The molecule has 0 aliphatic carbocycles. The number of aryl methyl sites for hydroxylation is 1. The van der Waals surface area contributed by atoms with Crippen LogP contribution >= 0.6 is 0 Å². The van der Waals surface area contributed by atoms with Crippen LogP contribution in [0.15, 0.2) is 30.3 Å². The van der Waals surface area contributed by atoms with Crippen molar-refractivity contribution in [3.05, 3.63) is 41.5 Å². The smallest absolute Gasteiger partial charge is 0.225 e. The van der Waals surface area contributed by atoms with Gasteiger partial charge < -0.3 is 29.9 Å². The Morgan fingerprint density at radius 2 is 1.69 bits per heavy atom. The third kappa shape index (κ3) is 7.75. The summed E-state index contributed by atoms with van der Waals surface area (Å²) in [5, 5.41) is 8.18. The number of likely N-dealkylation sites (tertiary alicyclic amines) is 1. The SMILES string of the molecule is CCCc1cccc(N(C)C)c1CN1CCC(Nc2nc(NCCN(CC)CC)nc3cc(OC)c(OC)cc23)CC1. The molecule has 1 aliphatic heterocycles. The van der Waals surface area contributed by atoms with Crippen molar-refractivity contribution in [1.29, 1.82) is 0 Å². The van der Waals surface area contributed by atoms with E-state index in [-0.39, 0.29) is 0 Å². The van der Waals surface area contributed by atoms with Gasteiger partial charge in [0.05, 0.1) is 19.7 Å². The molecule has 9 nitrogen and oxygen atoms in total. The van der Waals surface area contributed by atoms with Gasteiger partial charge in [0.15, 0.2) is 11.5 Å². The maximum Gasteiger partial charge on any atom is 0.225 e. The molecule has 4 rings (SSSR count). The van der Waals surface area contributed by atoms with Crippen molar-refractivity contribution in [3.8, 4) is 11.5 Å². The lowest BCUT2D eigenvalue weighted by molar-refractivity contribution is 0.211. The molecule has 0 bridgehead atoms. The number of likely N-dealkylation sites (N-methyl/N-ethyl adjacent to an activating group) is 1. The lowest BCUT2D eigenvalue weighted by atomic mass is 9.98. The third-order valence-corrected chi connectivity index (χ3v) is 8.37. The number of methoxy groups -OCH3 is 2. The monoisotopic (exact) mass is 577 g/mol. The Hall–Kier alpha value is -3.30. The van der Waals surface area contributed by atoms with Gasteiger partial charge in [-0.2, -0.15) is 4.98 Å². The van der Waals surface area contributed by atoms with E-state index in [1.165, 1.54) is 16.8 Å². The van der Waals surface area contributed by atoms with Crippen LogP contribution in [-0.2, 0) is 13.0 Å². The Balaban J connectivity index is 1.50. The summed E-state index contributed by atoms with van der Waals surface area (Å²) in [6.07, 6.45) is 4.38. The van der Waals surface area contributed by atoms with Crippen LogP contribution in [0.25, 0.3) is 10.9 Å². The molecule has 1 aromatic heterocycles. The Labute approximate surface area is 252 Å². The molecule has 2 aromatic carbocycles. The molecule has 42 heavy (non-hydrogen) atoms. The summed E-state index contributed by atoms with van der Waals surface area (Å²) in [6, 6.07) is 11.0. The summed E-state index contributed by atoms with van der Waals surface area (Å²) in [5.74, 6) is 2.81. The van der Waals surface area contributed by atoms with E-state index in [4.69, 9.17) is 19.4 Å². The van der Waals surface area contributed by atoms with Gasteiger partial charge in [-0.1, -0.05) is 39.3 Å². The second-order valence-corrected chi connectivity index (χ2v) is 11.3. The summed E-state index contributed by atoms with van der Waals surface area (Å²) in [6.45, 7) is 13.5. The fourth-order valence-electron chi connectivity index (χ4n) is 5.89. The van der Waals surface area contributed by atoms with Crippen LogP contribution in [0, 0.1) is 0 Å². The molecule has 0 unspecified atom stereocenters. The minimum Gasteiger partial charge on any atom is -0.493 e. The highest BCUT2D eigenvalue weighted by Gasteiger charge is 2.23. The van der Waals surface area contributed by atoms with E-state index < -0.39 is 0 Å². The molecule has 1 aliphatic rings. The summed E-state index contributed by atoms with van der Waals surface area (Å²) < 4.78 is 11.2. The summed E-state index contributed by atoms with van der Waals surface area (Å²) >= 11 is 0. The van der Waals surface area contributed by atoms with Gasteiger partial charge in [-0.3, -0.25) is 4.90 Å². The first-order valence-electron chi connectivity index (χ1n) is 15.6. The molecule has 0 radical (unpaired) electrons. The van der Waals surface area contributed by atoms with E-state index in [2.05, 4.69) is 78.4 Å². The van der Waals surface area contributed by atoms with E-state index in [1.54, 1.807) is 14.2 Å². The Kier molecular flexibility index (Phi) is 11.5. The van der Waals surface area contributed by atoms with Crippen LogP contribution in [0.5, 0.6) is 11.5 Å².